The van der Waals surface area contributed by atoms with Gasteiger partial charge in [-0.3, -0.25) is 0 Å². The van der Waals surface area contributed by atoms with Gasteiger partial charge in [-0.2, -0.15) is 0 Å². The zero-order valence-corrected chi connectivity index (χ0v) is 33.2. The van der Waals surface area contributed by atoms with Crippen LogP contribution in [0.15, 0.2) is 228 Å². The van der Waals surface area contributed by atoms with Gasteiger partial charge in [-0.05, 0) is 103 Å². The Morgan fingerprint density at radius 2 is 0.852 bits per heavy atom. The predicted molar refractivity (Wildman–Crippen MR) is 256 cm³/mol. The van der Waals surface area contributed by atoms with Gasteiger partial charge in [0.2, 0.25) is 0 Å². The molecule has 0 fully saturated rings. The summed E-state index contributed by atoms with van der Waals surface area (Å²) in [5.41, 5.74) is 11.2. The summed E-state index contributed by atoms with van der Waals surface area (Å²) in [6, 6.07) is 78.4. The zero-order chi connectivity index (χ0) is 40.3. The molecule has 2 heterocycles. The van der Waals surface area contributed by atoms with E-state index in [0.717, 1.165) is 44.9 Å². The first kappa shape index (κ1) is 34.9. The van der Waals surface area contributed by atoms with Gasteiger partial charge >= 0.3 is 0 Å². The van der Waals surface area contributed by atoms with Gasteiger partial charge in [-0.25, -0.2) is 9.98 Å². The Bertz CT molecular complexity index is 3450. The summed E-state index contributed by atoms with van der Waals surface area (Å²) < 4.78 is 2.43. The van der Waals surface area contributed by atoms with E-state index in [1.807, 2.05) is 6.07 Å². The van der Waals surface area contributed by atoms with E-state index in [2.05, 4.69) is 222 Å². The number of hydrogen-bond donors (Lipinski definition) is 1. The molecule has 12 rings (SSSR count). The van der Waals surface area contributed by atoms with E-state index in [-0.39, 0.29) is 6.17 Å². The molecule has 11 aromatic rings. The van der Waals surface area contributed by atoms with Crippen molar-refractivity contribution in [1.82, 2.24) is 9.88 Å². The van der Waals surface area contributed by atoms with E-state index >= 15 is 0 Å². The number of rotatable bonds is 6. The Morgan fingerprint density at radius 1 is 0.361 bits per heavy atom. The third-order valence-electron chi connectivity index (χ3n) is 12.2. The van der Waals surface area contributed by atoms with Crippen LogP contribution in [0.5, 0.6) is 0 Å². The topological polar surface area (TPSA) is 41.7 Å². The highest BCUT2D eigenvalue weighted by atomic mass is 15.2. The molecule has 1 aliphatic heterocycles. The minimum Gasteiger partial charge on any atom is -0.344 e. The molecular weight excluding hydrogens is 741 g/mol. The van der Waals surface area contributed by atoms with Gasteiger partial charge in [-0.1, -0.05) is 176 Å². The first-order chi connectivity index (χ1) is 30.2. The maximum absolute atomic E-state index is 5.14. The van der Waals surface area contributed by atoms with Crippen LogP contribution in [0.2, 0.25) is 0 Å². The van der Waals surface area contributed by atoms with Crippen LogP contribution < -0.4 is 5.32 Å². The molecule has 4 nitrogen and oxygen atoms in total. The van der Waals surface area contributed by atoms with Gasteiger partial charge in [0.25, 0.3) is 0 Å². The molecule has 1 aliphatic rings. The fraction of sp³-hybridized carbons (Fsp3) is 0.0175. The molecule has 0 aliphatic carbocycles. The highest BCUT2D eigenvalue weighted by Crippen LogP contribution is 2.38. The molecule has 286 valence electrons. The smallest absolute Gasteiger partial charge is 0.159 e. The Hall–Kier alpha value is -8.08. The third-order valence-corrected chi connectivity index (χ3v) is 12.2. The van der Waals surface area contributed by atoms with Gasteiger partial charge in [0.05, 0.1) is 11.0 Å². The Kier molecular flexibility index (Phi) is 8.20. The van der Waals surface area contributed by atoms with Crippen molar-refractivity contribution in [2.45, 2.75) is 6.17 Å². The number of aliphatic imine (C=N–C) groups is 2. The van der Waals surface area contributed by atoms with Crippen molar-refractivity contribution in [3.63, 3.8) is 0 Å². The van der Waals surface area contributed by atoms with Crippen LogP contribution in [0.3, 0.4) is 0 Å². The lowest BCUT2D eigenvalue weighted by molar-refractivity contribution is 0.674. The van der Waals surface area contributed by atoms with Crippen molar-refractivity contribution >= 4 is 65.8 Å². The lowest BCUT2D eigenvalue weighted by Crippen LogP contribution is -2.33. The number of aromatic nitrogens is 1. The number of benzene rings is 10. The molecule has 0 amide bonds. The fourth-order valence-corrected chi connectivity index (χ4v) is 9.02. The summed E-state index contributed by atoms with van der Waals surface area (Å²) in [5.74, 6) is 1.50. The normalized spacial score (nSPS) is 14.1. The molecule has 0 spiro atoms. The zero-order valence-electron chi connectivity index (χ0n) is 33.2. The first-order valence-electron chi connectivity index (χ1n) is 20.8. The average molecular weight is 779 g/mol. The standard InChI is InChI=1S/C57H38N4/c1-2-12-40(13-3-1)55-58-56(60-57(59-55)42-28-23-39(24-29-42)49-30-25-37-11-4-5-14-43(37)31-49)41-26-21-38(22-27-41)44-19-10-20-50(32-44)61-53-35-47-17-8-6-15-45(47)33-51(53)52-34-46-16-7-9-18-48(46)36-54(52)61/h1-36,55H,(H,58,59,60). The third kappa shape index (κ3) is 6.25. The van der Waals surface area contributed by atoms with E-state index in [9.17, 15) is 0 Å². The highest BCUT2D eigenvalue weighted by molar-refractivity contribution is 6.17. The number of fused-ring (bicyclic) bond motifs is 6. The molecule has 10 aromatic carbocycles. The summed E-state index contributed by atoms with van der Waals surface area (Å²) in [7, 11) is 0. The van der Waals surface area contributed by atoms with E-state index < -0.39 is 0 Å². The molecule has 1 atom stereocenters. The van der Waals surface area contributed by atoms with E-state index in [4.69, 9.17) is 9.98 Å². The molecule has 0 saturated carbocycles. The van der Waals surface area contributed by atoms with Crippen LogP contribution in [-0.2, 0) is 0 Å². The maximum Gasteiger partial charge on any atom is 0.159 e. The van der Waals surface area contributed by atoms with Crippen LogP contribution in [0, 0.1) is 0 Å². The minimum absolute atomic E-state index is 0.277. The van der Waals surface area contributed by atoms with Gasteiger partial charge in [-0.15, -0.1) is 0 Å². The lowest BCUT2D eigenvalue weighted by Gasteiger charge is -2.24. The van der Waals surface area contributed by atoms with Crippen LogP contribution >= 0.6 is 0 Å². The van der Waals surface area contributed by atoms with Gasteiger partial charge in [0, 0.05) is 27.6 Å². The number of hydrogen-bond acceptors (Lipinski definition) is 3. The largest absolute Gasteiger partial charge is 0.344 e. The van der Waals surface area contributed by atoms with Gasteiger partial charge in [0.15, 0.2) is 5.84 Å². The van der Waals surface area contributed by atoms with Crippen molar-refractivity contribution in [2.75, 3.05) is 0 Å². The summed E-state index contributed by atoms with van der Waals surface area (Å²) in [6.45, 7) is 0. The molecule has 0 bridgehead atoms. The monoisotopic (exact) mass is 778 g/mol. The van der Waals surface area contributed by atoms with Gasteiger partial charge < -0.3 is 9.88 Å². The minimum atomic E-state index is -0.277. The molecule has 1 aromatic heterocycles. The highest BCUT2D eigenvalue weighted by Gasteiger charge is 2.22. The van der Waals surface area contributed by atoms with Crippen molar-refractivity contribution < 1.29 is 0 Å². The molecule has 61 heavy (non-hydrogen) atoms. The second-order valence-electron chi connectivity index (χ2n) is 15.9. The SMILES string of the molecule is c1ccc(C2N=C(c3ccc(-c4ccc5ccccc5c4)cc3)N=C(c3ccc(-c4cccc(-n5c6cc7ccccc7cc6c6cc7ccccc7cc65)c4)cc3)N2)cc1. The van der Waals surface area contributed by atoms with Crippen molar-refractivity contribution in [3.8, 4) is 27.9 Å². The molecule has 0 radical (unpaired) electrons. The number of nitrogens with zero attached hydrogens (tertiary/aromatic N) is 3. The number of nitrogens with one attached hydrogen (secondary N) is 1. The van der Waals surface area contributed by atoms with Crippen LogP contribution in [0.4, 0.5) is 0 Å². The summed E-state index contributed by atoms with van der Waals surface area (Å²) >= 11 is 0. The van der Waals surface area contributed by atoms with E-state index in [0.29, 0.717) is 5.84 Å². The number of amidine groups is 2. The van der Waals surface area contributed by atoms with Crippen LogP contribution in [0.25, 0.3) is 82.1 Å². The summed E-state index contributed by atoms with van der Waals surface area (Å²) in [6.07, 6.45) is -0.277. The predicted octanol–water partition coefficient (Wildman–Crippen LogP) is 14.1. The Labute approximate surface area is 353 Å². The molecule has 1 unspecified atom stereocenters. The summed E-state index contributed by atoms with van der Waals surface area (Å²) in [5, 5.41) is 13.6. The van der Waals surface area contributed by atoms with Crippen LogP contribution in [-0.4, -0.2) is 16.2 Å². The van der Waals surface area contributed by atoms with Gasteiger partial charge in [0.1, 0.15) is 12.0 Å². The van der Waals surface area contributed by atoms with E-state index in [1.165, 1.54) is 59.7 Å². The Morgan fingerprint density at radius 3 is 1.48 bits per heavy atom. The molecular formula is C57H38N4. The fourth-order valence-electron chi connectivity index (χ4n) is 9.02. The van der Waals surface area contributed by atoms with Crippen LogP contribution in [0.1, 0.15) is 22.9 Å². The molecule has 1 N–H and O–H groups in total. The van der Waals surface area contributed by atoms with Crippen molar-refractivity contribution in [2.24, 2.45) is 9.98 Å². The quantitative estimate of drug-likeness (QED) is 0.179. The summed E-state index contributed by atoms with van der Waals surface area (Å²) in [4.78, 5) is 10.3. The molecule has 0 saturated heterocycles. The molecule has 4 heteroatoms. The van der Waals surface area contributed by atoms with Crippen molar-refractivity contribution in [3.05, 3.63) is 235 Å². The Balaban J connectivity index is 0.901. The average Bonchev–Trinajstić information content (AvgIpc) is 3.64. The van der Waals surface area contributed by atoms with E-state index in [1.54, 1.807) is 0 Å². The second-order valence-corrected chi connectivity index (χ2v) is 15.9. The van der Waals surface area contributed by atoms with Crippen molar-refractivity contribution in [1.29, 1.82) is 0 Å². The second kappa shape index (κ2) is 14.3. The maximum atomic E-state index is 5.14. The first-order valence-corrected chi connectivity index (χ1v) is 20.8. The lowest BCUT2D eigenvalue weighted by atomic mass is 10.00.